The van der Waals surface area contributed by atoms with Gasteiger partial charge in [0.1, 0.15) is 0 Å². The molecule has 4 nitrogen and oxygen atoms in total. The van der Waals surface area contributed by atoms with Crippen LogP contribution in [0.15, 0.2) is 4.99 Å². The normalized spacial score (nSPS) is 23.9. The Balaban J connectivity index is 0.00000324. The third kappa shape index (κ3) is 7.81. The van der Waals surface area contributed by atoms with Gasteiger partial charge < -0.3 is 15.4 Å². The number of ether oxygens (including phenoxy) is 1. The van der Waals surface area contributed by atoms with Crippen LogP contribution in [0.5, 0.6) is 0 Å². The van der Waals surface area contributed by atoms with Crippen LogP contribution in [0.3, 0.4) is 0 Å². The first-order valence-electron chi connectivity index (χ1n) is 6.00. The Hall–Kier alpha value is -0.250. The maximum Gasteiger partial charge on any atom is 0.390 e. The number of hydrogen-bond donors (Lipinski definition) is 2. The molecule has 8 heteroatoms. The van der Waals surface area contributed by atoms with Crippen molar-refractivity contribution < 1.29 is 17.9 Å². The van der Waals surface area contributed by atoms with E-state index in [1.807, 2.05) is 6.92 Å². The first-order valence-corrected chi connectivity index (χ1v) is 6.00. The Morgan fingerprint density at radius 3 is 2.53 bits per heavy atom. The van der Waals surface area contributed by atoms with Crippen molar-refractivity contribution in [1.82, 2.24) is 10.6 Å². The van der Waals surface area contributed by atoms with E-state index >= 15 is 0 Å². The largest absolute Gasteiger partial charge is 0.390 e. The van der Waals surface area contributed by atoms with E-state index < -0.39 is 12.6 Å². The number of nitrogens with one attached hydrogen (secondary N) is 2. The fraction of sp³-hybridized carbons (Fsp3) is 0.909. The quantitative estimate of drug-likeness (QED) is 0.436. The van der Waals surface area contributed by atoms with Crippen molar-refractivity contribution in [2.45, 2.75) is 38.0 Å². The highest BCUT2D eigenvalue weighted by Crippen LogP contribution is 2.23. The van der Waals surface area contributed by atoms with Crippen molar-refractivity contribution in [2.75, 3.05) is 26.7 Å². The molecule has 0 aromatic carbocycles. The molecule has 19 heavy (non-hydrogen) atoms. The summed E-state index contributed by atoms with van der Waals surface area (Å²) in [6.45, 7) is 3.08. The maximum atomic E-state index is 12.0. The summed E-state index contributed by atoms with van der Waals surface area (Å²) in [4.78, 5) is 3.87. The van der Waals surface area contributed by atoms with Crippen LogP contribution in [0.4, 0.5) is 13.2 Å². The lowest BCUT2D eigenvalue weighted by molar-refractivity contribution is -0.132. The van der Waals surface area contributed by atoms with Gasteiger partial charge in [0, 0.05) is 26.7 Å². The zero-order valence-electron chi connectivity index (χ0n) is 11.1. The molecule has 1 heterocycles. The molecular formula is C11H21F3IN3O. The van der Waals surface area contributed by atoms with Crippen molar-refractivity contribution in [1.29, 1.82) is 0 Å². The van der Waals surface area contributed by atoms with Crippen molar-refractivity contribution >= 4 is 29.9 Å². The summed E-state index contributed by atoms with van der Waals surface area (Å²) in [6, 6.07) is 0. The molecule has 0 aromatic heterocycles. The van der Waals surface area contributed by atoms with Crippen molar-refractivity contribution in [2.24, 2.45) is 4.99 Å². The number of halogens is 4. The van der Waals surface area contributed by atoms with Crippen LogP contribution in [0.1, 0.15) is 26.2 Å². The summed E-state index contributed by atoms with van der Waals surface area (Å²) >= 11 is 0. The molecule has 0 saturated carbocycles. The predicted octanol–water partition coefficient (Wildman–Crippen LogP) is 2.29. The zero-order valence-corrected chi connectivity index (χ0v) is 13.5. The van der Waals surface area contributed by atoms with E-state index in [0.717, 1.165) is 19.4 Å². The minimum Gasteiger partial charge on any atom is -0.373 e. The van der Waals surface area contributed by atoms with E-state index in [1.165, 1.54) is 7.05 Å². The molecule has 0 aliphatic carbocycles. The fourth-order valence-electron chi connectivity index (χ4n) is 1.79. The molecule has 1 rings (SSSR count). The molecule has 1 aliphatic heterocycles. The lowest BCUT2D eigenvalue weighted by Crippen LogP contribution is -2.46. The highest BCUT2D eigenvalue weighted by molar-refractivity contribution is 14.0. The van der Waals surface area contributed by atoms with Gasteiger partial charge in [-0.05, 0) is 19.8 Å². The van der Waals surface area contributed by atoms with Gasteiger partial charge in [-0.25, -0.2) is 0 Å². The molecule has 114 valence electrons. The second kappa shape index (κ2) is 8.13. The van der Waals surface area contributed by atoms with E-state index in [4.69, 9.17) is 4.74 Å². The number of aliphatic imine (C=N–C) groups is 1. The topological polar surface area (TPSA) is 45.7 Å². The van der Waals surface area contributed by atoms with Crippen LogP contribution >= 0.6 is 24.0 Å². The summed E-state index contributed by atoms with van der Waals surface area (Å²) in [6.07, 6.45) is -3.06. The average molecular weight is 395 g/mol. The molecule has 1 saturated heterocycles. The fourth-order valence-corrected chi connectivity index (χ4v) is 1.79. The highest BCUT2D eigenvalue weighted by Gasteiger charge is 2.30. The van der Waals surface area contributed by atoms with Crippen LogP contribution in [-0.2, 0) is 4.74 Å². The Kier molecular flexibility index (Phi) is 8.02. The molecule has 0 spiro atoms. The smallest absolute Gasteiger partial charge is 0.373 e. The van der Waals surface area contributed by atoms with Crippen LogP contribution in [0.2, 0.25) is 0 Å². The number of guanidine groups is 1. The van der Waals surface area contributed by atoms with Crippen LogP contribution in [0, 0.1) is 0 Å². The SMILES string of the molecule is CN=C(NCCC(F)(F)F)NCC1(C)CCCO1.I. The van der Waals surface area contributed by atoms with Gasteiger partial charge in [0.05, 0.1) is 12.0 Å². The average Bonchev–Trinajstić information content (AvgIpc) is 2.69. The molecule has 0 radical (unpaired) electrons. The Morgan fingerprint density at radius 1 is 1.37 bits per heavy atom. The summed E-state index contributed by atoms with van der Waals surface area (Å²) in [7, 11) is 1.53. The minimum atomic E-state index is -4.15. The Morgan fingerprint density at radius 2 is 2.05 bits per heavy atom. The second-order valence-electron chi connectivity index (χ2n) is 4.62. The number of alkyl halides is 3. The van der Waals surface area contributed by atoms with Gasteiger partial charge >= 0.3 is 6.18 Å². The molecule has 1 unspecified atom stereocenters. The molecule has 0 bridgehead atoms. The molecule has 0 amide bonds. The Labute approximate surface area is 128 Å². The lowest BCUT2D eigenvalue weighted by Gasteiger charge is -2.24. The molecule has 2 N–H and O–H groups in total. The summed E-state index contributed by atoms with van der Waals surface area (Å²) in [5.41, 5.74) is -0.248. The van der Waals surface area contributed by atoms with Gasteiger partial charge in [-0.15, -0.1) is 24.0 Å². The number of rotatable bonds is 4. The first-order chi connectivity index (χ1) is 8.35. The van der Waals surface area contributed by atoms with E-state index in [0.29, 0.717) is 12.5 Å². The maximum absolute atomic E-state index is 12.0. The van der Waals surface area contributed by atoms with Crippen molar-refractivity contribution in [3.05, 3.63) is 0 Å². The van der Waals surface area contributed by atoms with Crippen LogP contribution < -0.4 is 10.6 Å². The zero-order chi connectivity index (χ0) is 13.6. The van der Waals surface area contributed by atoms with Crippen molar-refractivity contribution in [3.63, 3.8) is 0 Å². The van der Waals surface area contributed by atoms with Gasteiger partial charge in [-0.2, -0.15) is 13.2 Å². The predicted molar refractivity (Wildman–Crippen MR) is 79.0 cm³/mol. The minimum absolute atomic E-state index is 0. The van der Waals surface area contributed by atoms with E-state index in [1.54, 1.807) is 0 Å². The number of hydrogen-bond acceptors (Lipinski definition) is 2. The monoisotopic (exact) mass is 395 g/mol. The van der Waals surface area contributed by atoms with Gasteiger partial charge in [0.25, 0.3) is 0 Å². The van der Waals surface area contributed by atoms with Crippen molar-refractivity contribution in [3.8, 4) is 0 Å². The van der Waals surface area contributed by atoms with E-state index in [2.05, 4.69) is 15.6 Å². The highest BCUT2D eigenvalue weighted by atomic mass is 127. The standard InChI is InChI=1S/C11H20F3N3O.HI/c1-10(4-3-7-18-10)8-17-9(15-2)16-6-5-11(12,13)14;/h3-8H2,1-2H3,(H2,15,16,17);1H. The molecule has 1 fully saturated rings. The van der Waals surface area contributed by atoms with Crippen LogP contribution in [0.25, 0.3) is 0 Å². The Bertz CT molecular complexity index is 291. The molecule has 1 aliphatic rings. The molecular weight excluding hydrogens is 374 g/mol. The molecule has 1 atom stereocenters. The summed E-state index contributed by atoms with van der Waals surface area (Å²) in [5.74, 6) is 0.371. The van der Waals surface area contributed by atoms with Gasteiger partial charge in [-0.1, -0.05) is 0 Å². The van der Waals surface area contributed by atoms with Gasteiger partial charge in [0.15, 0.2) is 5.96 Å². The van der Waals surface area contributed by atoms with Crippen LogP contribution in [-0.4, -0.2) is 44.5 Å². The van der Waals surface area contributed by atoms with Gasteiger partial charge in [-0.3, -0.25) is 4.99 Å². The first kappa shape index (κ1) is 18.8. The third-order valence-electron chi connectivity index (χ3n) is 2.85. The molecule has 0 aromatic rings. The third-order valence-corrected chi connectivity index (χ3v) is 2.85. The lowest BCUT2D eigenvalue weighted by atomic mass is 10.0. The summed E-state index contributed by atoms with van der Waals surface area (Å²) in [5, 5.41) is 5.62. The van der Waals surface area contributed by atoms with E-state index in [-0.39, 0.29) is 36.1 Å². The van der Waals surface area contributed by atoms with E-state index in [9.17, 15) is 13.2 Å². The number of nitrogens with zero attached hydrogens (tertiary/aromatic N) is 1. The second-order valence-corrected chi connectivity index (χ2v) is 4.62. The van der Waals surface area contributed by atoms with Gasteiger partial charge in [0.2, 0.25) is 0 Å². The summed E-state index contributed by atoms with van der Waals surface area (Å²) < 4.78 is 41.5.